The monoisotopic (exact) mass is 387 g/mol. The number of hydrogen-bond acceptors (Lipinski definition) is 4. The molecule has 0 atom stereocenters. The number of aryl methyl sites for hydroxylation is 1. The van der Waals surface area contributed by atoms with E-state index in [9.17, 15) is 9.59 Å². The second-order valence-corrected chi connectivity index (χ2v) is 7.33. The molecule has 0 bridgehead atoms. The van der Waals surface area contributed by atoms with Gasteiger partial charge in [-0.3, -0.25) is 9.59 Å². The first-order chi connectivity index (χ1) is 12.6. The summed E-state index contributed by atoms with van der Waals surface area (Å²) in [5, 5.41) is 4.34. The van der Waals surface area contributed by atoms with E-state index in [1.165, 1.54) is 11.3 Å². The van der Waals surface area contributed by atoms with Gasteiger partial charge in [-0.25, -0.2) is 0 Å². The molecule has 0 unspecified atom stereocenters. The second kappa shape index (κ2) is 8.34. The highest BCUT2D eigenvalue weighted by Gasteiger charge is 2.13. The molecule has 1 amide bonds. The van der Waals surface area contributed by atoms with E-state index < -0.39 is 0 Å². The molecule has 1 N–H and O–H groups in total. The quantitative estimate of drug-likeness (QED) is 0.622. The van der Waals surface area contributed by atoms with Crippen molar-refractivity contribution in [3.8, 4) is 0 Å². The number of carbonyl (C=O) groups excluding carboxylic acids is 2. The van der Waals surface area contributed by atoms with Crippen molar-refractivity contribution in [1.82, 2.24) is 5.32 Å². The van der Waals surface area contributed by atoms with Gasteiger partial charge in [0.15, 0.2) is 0 Å². The Morgan fingerprint density at radius 2 is 1.85 bits per heavy atom. The van der Waals surface area contributed by atoms with Crippen LogP contribution in [0.3, 0.4) is 0 Å². The summed E-state index contributed by atoms with van der Waals surface area (Å²) in [4.78, 5) is 24.8. The molecule has 3 rings (SSSR count). The number of hydrogen-bond donors (Lipinski definition) is 1. The van der Waals surface area contributed by atoms with Gasteiger partial charge in [0.25, 0.3) is 5.91 Å². The molecule has 1 heterocycles. The lowest BCUT2D eigenvalue weighted by Gasteiger charge is -2.07. The van der Waals surface area contributed by atoms with Gasteiger partial charge in [0.1, 0.15) is 6.61 Å². The zero-order chi connectivity index (χ0) is 18.5. The van der Waals surface area contributed by atoms with E-state index in [0.29, 0.717) is 10.6 Å². The smallest absolute Gasteiger partial charge is 0.307 e. The van der Waals surface area contributed by atoms with E-state index in [4.69, 9.17) is 16.3 Å². The molecule has 134 valence electrons. The van der Waals surface area contributed by atoms with Crippen LogP contribution in [0.4, 0.5) is 0 Å². The van der Waals surface area contributed by atoms with Crippen LogP contribution in [0.2, 0.25) is 5.02 Å². The van der Waals surface area contributed by atoms with E-state index >= 15 is 0 Å². The van der Waals surface area contributed by atoms with Crippen molar-refractivity contribution in [1.29, 1.82) is 0 Å². The van der Waals surface area contributed by atoms with Crippen molar-refractivity contribution >= 4 is 44.9 Å². The van der Waals surface area contributed by atoms with Gasteiger partial charge in [0.2, 0.25) is 0 Å². The predicted molar refractivity (Wildman–Crippen MR) is 105 cm³/mol. The molecule has 6 heteroatoms. The molecule has 0 saturated carbocycles. The second-order valence-electron chi connectivity index (χ2n) is 5.82. The van der Waals surface area contributed by atoms with E-state index in [2.05, 4.69) is 5.32 Å². The van der Waals surface area contributed by atoms with Crippen molar-refractivity contribution in [2.24, 2.45) is 0 Å². The molecule has 2 aromatic carbocycles. The summed E-state index contributed by atoms with van der Waals surface area (Å²) in [5.41, 5.74) is 1.50. The van der Waals surface area contributed by atoms with Crippen LogP contribution < -0.4 is 5.32 Å². The number of fused-ring (bicyclic) bond motifs is 1. The minimum Gasteiger partial charge on any atom is -0.460 e. The number of esters is 1. The minimum absolute atomic E-state index is 0.111. The summed E-state index contributed by atoms with van der Waals surface area (Å²) in [6.45, 7) is 2.24. The van der Waals surface area contributed by atoms with E-state index in [1.54, 1.807) is 6.07 Å². The van der Waals surface area contributed by atoms with Crippen molar-refractivity contribution in [3.63, 3.8) is 0 Å². The van der Waals surface area contributed by atoms with Gasteiger partial charge in [-0.15, -0.1) is 11.3 Å². The first-order valence-corrected chi connectivity index (χ1v) is 9.41. The highest BCUT2D eigenvalue weighted by molar-refractivity contribution is 7.19. The Hall–Kier alpha value is -2.37. The molecule has 4 nitrogen and oxygen atoms in total. The average Bonchev–Trinajstić information content (AvgIpc) is 2.96. The highest BCUT2D eigenvalue weighted by atomic mass is 35.5. The van der Waals surface area contributed by atoms with Crippen LogP contribution >= 0.6 is 22.9 Å². The van der Waals surface area contributed by atoms with Gasteiger partial charge in [-0.1, -0.05) is 48.0 Å². The van der Waals surface area contributed by atoms with Gasteiger partial charge in [0, 0.05) is 22.2 Å². The average molecular weight is 388 g/mol. The summed E-state index contributed by atoms with van der Waals surface area (Å²) in [7, 11) is 0. The fourth-order valence-corrected chi connectivity index (χ4v) is 3.98. The Labute approximate surface area is 160 Å². The number of halogens is 1. The number of carbonyl (C=O) groups is 2. The van der Waals surface area contributed by atoms with Gasteiger partial charge in [-0.2, -0.15) is 0 Å². The Morgan fingerprint density at radius 1 is 1.12 bits per heavy atom. The minimum atomic E-state index is -0.372. The van der Waals surface area contributed by atoms with Crippen LogP contribution in [0.15, 0.2) is 48.5 Å². The zero-order valence-electron chi connectivity index (χ0n) is 14.3. The standard InChI is InChI=1S/C20H18ClNO3S/c1-13-6-2-3-7-14(13)20(24)22-11-10-18(23)25-12-17-19(21)15-8-4-5-9-16(15)26-17/h2-9H,10-12H2,1H3,(H,22,24). The van der Waals surface area contributed by atoms with Crippen LogP contribution in [0.25, 0.3) is 10.1 Å². The maximum atomic E-state index is 12.1. The van der Waals surface area contributed by atoms with Crippen LogP contribution in [0.1, 0.15) is 27.2 Å². The maximum absolute atomic E-state index is 12.1. The summed E-state index contributed by atoms with van der Waals surface area (Å²) >= 11 is 7.85. The molecule has 0 aliphatic heterocycles. The first kappa shape index (κ1) is 18.4. The van der Waals surface area contributed by atoms with E-state index in [0.717, 1.165) is 20.5 Å². The molecule has 3 aromatic rings. The summed E-state index contributed by atoms with van der Waals surface area (Å²) in [6, 6.07) is 15.1. The van der Waals surface area contributed by atoms with Crippen molar-refractivity contribution in [2.45, 2.75) is 20.0 Å². The lowest BCUT2D eigenvalue weighted by molar-refractivity contribution is -0.144. The van der Waals surface area contributed by atoms with Crippen molar-refractivity contribution in [2.75, 3.05) is 6.54 Å². The van der Waals surface area contributed by atoms with E-state index in [1.807, 2.05) is 49.4 Å². The molecule has 26 heavy (non-hydrogen) atoms. The highest BCUT2D eigenvalue weighted by Crippen LogP contribution is 2.35. The molecule has 1 aromatic heterocycles. The molecular weight excluding hydrogens is 370 g/mol. The fraction of sp³-hybridized carbons (Fsp3) is 0.200. The van der Waals surface area contributed by atoms with Gasteiger partial charge < -0.3 is 10.1 Å². The van der Waals surface area contributed by atoms with Gasteiger partial charge in [0.05, 0.1) is 16.3 Å². The Morgan fingerprint density at radius 3 is 2.62 bits per heavy atom. The first-order valence-electron chi connectivity index (χ1n) is 8.21. The number of thiophene rings is 1. The van der Waals surface area contributed by atoms with Crippen LogP contribution in [-0.4, -0.2) is 18.4 Å². The number of rotatable bonds is 6. The third-order valence-electron chi connectivity index (χ3n) is 3.97. The number of benzene rings is 2. The molecule has 0 aliphatic rings. The Balaban J connectivity index is 1.48. The lowest BCUT2D eigenvalue weighted by Crippen LogP contribution is -2.27. The molecular formula is C20H18ClNO3S. The molecule has 0 aliphatic carbocycles. The normalized spacial score (nSPS) is 10.7. The van der Waals surface area contributed by atoms with Crippen molar-refractivity contribution < 1.29 is 14.3 Å². The maximum Gasteiger partial charge on any atom is 0.307 e. The van der Waals surface area contributed by atoms with Gasteiger partial charge in [-0.05, 0) is 24.6 Å². The molecule has 0 radical (unpaired) electrons. The summed E-state index contributed by atoms with van der Waals surface area (Å²) in [6.07, 6.45) is 0.111. The zero-order valence-corrected chi connectivity index (χ0v) is 15.8. The van der Waals surface area contributed by atoms with Gasteiger partial charge >= 0.3 is 5.97 Å². The van der Waals surface area contributed by atoms with Crippen LogP contribution in [0.5, 0.6) is 0 Å². The molecule has 0 saturated heterocycles. The number of nitrogens with one attached hydrogen (secondary N) is 1. The lowest BCUT2D eigenvalue weighted by atomic mass is 10.1. The largest absolute Gasteiger partial charge is 0.460 e. The predicted octanol–water partition coefficient (Wildman–Crippen LogP) is 4.73. The summed E-state index contributed by atoms with van der Waals surface area (Å²) < 4.78 is 6.35. The van der Waals surface area contributed by atoms with E-state index in [-0.39, 0.29) is 31.4 Å². The Bertz CT molecular complexity index is 951. The fourth-order valence-electron chi connectivity index (χ4n) is 2.58. The third-order valence-corrected chi connectivity index (χ3v) is 5.66. The Kier molecular flexibility index (Phi) is 5.91. The summed E-state index contributed by atoms with van der Waals surface area (Å²) in [5.74, 6) is -0.563. The van der Waals surface area contributed by atoms with Crippen molar-refractivity contribution in [3.05, 3.63) is 69.6 Å². The molecule has 0 spiro atoms. The third kappa shape index (κ3) is 4.23. The van der Waals surface area contributed by atoms with Crippen LogP contribution in [0, 0.1) is 6.92 Å². The number of amides is 1. The topological polar surface area (TPSA) is 55.4 Å². The van der Waals surface area contributed by atoms with Crippen LogP contribution in [-0.2, 0) is 16.1 Å². The molecule has 0 fully saturated rings. The number of ether oxygens (including phenoxy) is 1. The SMILES string of the molecule is Cc1ccccc1C(=O)NCCC(=O)OCc1sc2ccccc2c1Cl.